The van der Waals surface area contributed by atoms with E-state index in [1.54, 1.807) is 66.7 Å². The van der Waals surface area contributed by atoms with E-state index in [-0.39, 0.29) is 53.3 Å². The first-order valence-electron chi connectivity index (χ1n) is 13.9. The Morgan fingerprint density at radius 2 is 1.86 bits per heavy atom. The van der Waals surface area contributed by atoms with Gasteiger partial charge in [0.25, 0.3) is 15.9 Å². The van der Waals surface area contributed by atoms with Gasteiger partial charge >= 0.3 is 0 Å². The molecule has 3 aromatic rings. The average Bonchev–Trinajstić information content (AvgIpc) is 3.35. The van der Waals surface area contributed by atoms with Crippen molar-refractivity contribution < 1.29 is 18.0 Å². The molecule has 1 aromatic carbocycles. The van der Waals surface area contributed by atoms with Crippen molar-refractivity contribution in [3.8, 4) is 6.07 Å². The fourth-order valence-electron chi connectivity index (χ4n) is 6.11. The zero-order valence-corrected chi connectivity index (χ0v) is 27.5. The van der Waals surface area contributed by atoms with Gasteiger partial charge in [-0.25, -0.2) is 8.42 Å². The lowest BCUT2D eigenvalue weighted by atomic mass is 9.87. The van der Waals surface area contributed by atoms with Crippen LogP contribution in [0.25, 0.3) is 0 Å². The minimum Gasteiger partial charge on any atom is -0.357 e. The number of nitrogens with one attached hydrogen (secondary N) is 1. The number of hydrogen-bond acceptors (Lipinski definition) is 8. The number of piperidine rings is 1. The van der Waals surface area contributed by atoms with E-state index in [2.05, 4.69) is 26.2 Å². The molecular formula is C31H27BrClN5O4S2. The minimum atomic E-state index is -3.65. The molecule has 0 bridgehead atoms. The number of amides is 1. The molecule has 226 valence electrons. The maximum atomic E-state index is 14.5. The Kier molecular flexibility index (Phi) is 8.28. The summed E-state index contributed by atoms with van der Waals surface area (Å²) in [4.78, 5) is 33.7. The Bertz CT molecular complexity index is 1820. The van der Waals surface area contributed by atoms with Gasteiger partial charge in [-0.3, -0.25) is 19.5 Å². The monoisotopic (exact) mass is 711 g/mol. The summed E-state index contributed by atoms with van der Waals surface area (Å²) < 4.78 is 29.1. The van der Waals surface area contributed by atoms with Gasteiger partial charge in [0.2, 0.25) is 0 Å². The molecule has 3 unspecified atom stereocenters. The van der Waals surface area contributed by atoms with Gasteiger partial charge in [0.1, 0.15) is 15.6 Å². The molecule has 2 aromatic heterocycles. The third kappa shape index (κ3) is 5.75. The second kappa shape index (κ2) is 11.9. The number of ketones is 1. The van der Waals surface area contributed by atoms with E-state index in [9.17, 15) is 18.0 Å². The minimum absolute atomic E-state index is 0.0747. The first kappa shape index (κ1) is 30.7. The predicted octanol–water partition coefficient (Wildman–Crippen LogP) is 5.07. The van der Waals surface area contributed by atoms with Gasteiger partial charge in [-0.2, -0.15) is 9.57 Å². The fourth-order valence-corrected chi connectivity index (χ4v) is 9.87. The number of nitriles is 1. The molecule has 1 amide bonds. The van der Waals surface area contributed by atoms with Crippen LogP contribution in [-0.4, -0.2) is 59.0 Å². The van der Waals surface area contributed by atoms with Gasteiger partial charge in [-0.1, -0.05) is 17.7 Å². The lowest BCUT2D eigenvalue weighted by Crippen LogP contribution is -2.49. The summed E-state index contributed by atoms with van der Waals surface area (Å²) in [7, 11) is -3.65. The normalized spacial score (nSPS) is 26.0. The molecule has 13 heteroatoms. The lowest BCUT2D eigenvalue weighted by molar-refractivity contribution is -0.132. The smallest absolute Gasteiger partial charge is 0.254 e. The van der Waals surface area contributed by atoms with Gasteiger partial charge in [0.15, 0.2) is 5.78 Å². The maximum Gasteiger partial charge on any atom is 0.254 e. The largest absolute Gasteiger partial charge is 0.357 e. The molecule has 3 aliphatic rings. The second-order valence-corrected chi connectivity index (χ2v) is 16.4. The Balaban J connectivity index is 1.33. The molecule has 1 N–H and O–H groups in total. The van der Waals surface area contributed by atoms with Crippen LogP contribution in [0.1, 0.15) is 34.8 Å². The van der Waals surface area contributed by atoms with Crippen LogP contribution in [0.5, 0.6) is 0 Å². The molecule has 1 saturated carbocycles. The summed E-state index contributed by atoms with van der Waals surface area (Å²) in [5.41, 5.74) is 0.575. The molecule has 3 fully saturated rings. The number of benzene rings is 1. The molecular weight excluding hydrogens is 686 g/mol. The number of fused-ring (bicyclic) bond motifs is 1. The van der Waals surface area contributed by atoms with Crippen molar-refractivity contribution in [2.24, 2.45) is 11.8 Å². The number of carbonyl (C=O) groups is 2. The van der Waals surface area contributed by atoms with Crippen LogP contribution in [0.15, 0.2) is 91.9 Å². The van der Waals surface area contributed by atoms with Crippen LogP contribution in [0.4, 0.5) is 0 Å². The highest BCUT2D eigenvalue weighted by Gasteiger charge is 2.65. The van der Waals surface area contributed by atoms with Gasteiger partial charge in [-0.15, -0.1) is 11.3 Å². The molecule has 44 heavy (non-hydrogen) atoms. The third-order valence-electron chi connectivity index (χ3n) is 8.36. The average molecular weight is 713 g/mol. The van der Waals surface area contributed by atoms with Crippen LogP contribution in [-0.2, 0) is 21.2 Å². The number of rotatable bonds is 9. The van der Waals surface area contributed by atoms with Gasteiger partial charge in [0, 0.05) is 66.5 Å². The number of thiophene rings is 1. The van der Waals surface area contributed by atoms with Crippen LogP contribution in [0, 0.1) is 23.2 Å². The Hall–Kier alpha value is -3.34. The number of allylic oxidation sites excluding steroid dienone is 2. The fraction of sp³-hybridized carbons (Fsp3) is 0.290. The van der Waals surface area contributed by atoms with Crippen LogP contribution in [0.2, 0.25) is 0 Å². The topological polar surface area (TPSA) is 123 Å². The highest BCUT2D eigenvalue weighted by atomic mass is 79.9. The standard InChI is InChI=1S/C31H27BrClN5O4S2/c1-19(33)8-11-31(15-20-9-12-35-13-10-20)30(40)38(27(36-31)14-25(39)22-4-2-21(16-34)3-5-22)29-23-17-37(18-24(23)29)44(41,42)28-7-6-26(32)43-28/h2-10,12-14,23-24,29,36H,11,15,17-18H2,1H3/b19-8-,27-14+. The lowest BCUT2D eigenvalue weighted by Gasteiger charge is -2.27. The van der Waals surface area contributed by atoms with Crippen molar-refractivity contribution in [1.29, 1.82) is 5.26 Å². The molecule has 2 aliphatic heterocycles. The van der Waals surface area contributed by atoms with Crippen LogP contribution < -0.4 is 5.32 Å². The quantitative estimate of drug-likeness (QED) is 0.243. The van der Waals surface area contributed by atoms with Crippen molar-refractivity contribution in [1.82, 2.24) is 19.5 Å². The highest BCUT2D eigenvalue weighted by molar-refractivity contribution is 9.11. The number of halogens is 2. The van der Waals surface area contributed by atoms with E-state index in [0.717, 1.165) is 9.35 Å². The number of hydrogen-bond donors (Lipinski definition) is 1. The van der Waals surface area contributed by atoms with E-state index in [1.165, 1.54) is 21.7 Å². The molecule has 6 rings (SSSR count). The number of sulfonamides is 1. The van der Waals surface area contributed by atoms with Gasteiger partial charge in [-0.05, 0) is 83.4 Å². The van der Waals surface area contributed by atoms with E-state index in [1.807, 2.05) is 18.2 Å². The number of pyridine rings is 1. The zero-order chi connectivity index (χ0) is 31.2. The summed E-state index contributed by atoms with van der Waals surface area (Å²) in [5.74, 6) is -0.297. The molecule has 9 nitrogen and oxygen atoms in total. The third-order valence-corrected chi connectivity index (χ3v) is 12.4. The summed E-state index contributed by atoms with van der Waals surface area (Å²) in [6, 6.07) is 15.1. The Morgan fingerprint density at radius 1 is 1.18 bits per heavy atom. The molecule has 0 radical (unpaired) electrons. The number of carbonyl (C=O) groups excluding carboxylic acids is 2. The molecule has 4 heterocycles. The maximum absolute atomic E-state index is 14.5. The molecule has 2 saturated heterocycles. The van der Waals surface area contributed by atoms with Crippen molar-refractivity contribution in [3.63, 3.8) is 0 Å². The predicted molar refractivity (Wildman–Crippen MR) is 170 cm³/mol. The highest BCUT2D eigenvalue weighted by Crippen LogP contribution is 2.53. The van der Waals surface area contributed by atoms with Crippen molar-refractivity contribution >= 4 is 60.6 Å². The molecule has 1 aliphatic carbocycles. The number of aromatic nitrogens is 1. The first-order valence-corrected chi connectivity index (χ1v) is 17.3. The van der Waals surface area contributed by atoms with Crippen molar-refractivity contribution in [2.45, 2.75) is 35.6 Å². The summed E-state index contributed by atoms with van der Waals surface area (Å²) >= 11 is 10.7. The van der Waals surface area contributed by atoms with E-state index in [4.69, 9.17) is 16.9 Å². The van der Waals surface area contributed by atoms with Crippen LogP contribution >= 0.6 is 38.9 Å². The summed E-state index contributed by atoms with van der Waals surface area (Å²) in [6.07, 6.45) is 7.15. The zero-order valence-electron chi connectivity index (χ0n) is 23.5. The molecule has 0 spiro atoms. The van der Waals surface area contributed by atoms with Crippen LogP contribution in [0.3, 0.4) is 0 Å². The van der Waals surface area contributed by atoms with Gasteiger partial charge in [0.05, 0.1) is 15.4 Å². The van der Waals surface area contributed by atoms with Gasteiger partial charge < -0.3 is 5.32 Å². The second-order valence-electron chi connectivity index (χ2n) is 11.2. The molecule has 3 atom stereocenters. The summed E-state index contributed by atoms with van der Waals surface area (Å²) in [6.45, 7) is 2.31. The van der Waals surface area contributed by atoms with Crippen molar-refractivity contribution in [2.75, 3.05) is 13.1 Å². The van der Waals surface area contributed by atoms with Crippen molar-refractivity contribution in [3.05, 3.63) is 104 Å². The van der Waals surface area contributed by atoms with E-state index >= 15 is 0 Å². The summed E-state index contributed by atoms with van der Waals surface area (Å²) in [5, 5.41) is 13.1. The Morgan fingerprint density at radius 3 is 2.45 bits per heavy atom. The Labute approximate surface area is 273 Å². The first-order chi connectivity index (χ1) is 21.0. The SMILES string of the molecule is C/C(Cl)=C/CC1(Cc2ccncc2)N/C(=C\C(=O)c2ccc(C#N)cc2)N(C2C3CN(S(=O)(=O)c4ccc(Br)s4)CC32)C1=O. The number of nitrogens with zero attached hydrogens (tertiary/aromatic N) is 4. The van der Waals surface area contributed by atoms with E-state index < -0.39 is 15.6 Å². The van der Waals surface area contributed by atoms with E-state index in [0.29, 0.717) is 28.4 Å².